The fraction of sp³-hybridized carbons (Fsp3) is 0.633. The van der Waals surface area contributed by atoms with Gasteiger partial charge in [-0.1, -0.05) is 12.2 Å². The van der Waals surface area contributed by atoms with Crippen LogP contribution in [0.2, 0.25) is 0 Å². The molecule has 2 saturated heterocycles. The van der Waals surface area contributed by atoms with Gasteiger partial charge in [-0.25, -0.2) is 8.78 Å². The molecule has 13 heteroatoms. The molecular weight excluding hydrogens is 573 g/mol. The summed E-state index contributed by atoms with van der Waals surface area (Å²) >= 11 is 0. The highest BCUT2D eigenvalue weighted by atomic mass is 19.4. The lowest BCUT2D eigenvalue weighted by Gasteiger charge is -2.37. The van der Waals surface area contributed by atoms with Gasteiger partial charge in [0.25, 0.3) is 11.6 Å². The number of allylic oxidation sites excluding steroid dienone is 3. The quantitative estimate of drug-likeness (QED) is 0.207. The average Bonchev–Trinajstić information content (AvgIpc) is 3.85. The number of hydrogen-bond donors (Lipinski definition) is 0. The van der Waals surface area contributed by atoms with E-state index in [0.717, 1.165) is 38.4 Å². The third-order valence-corrected chi connectivity index (χ3v) is 8.94. The Morgan fingerprint density at radius 2 is 1.67 bits per heavy atom. The van der Waals surface area contributed by atoms with Gasteiger partial charge in [-0.2, -0.15) is 13.2 Å². The van der Waals surface area contributed by atoms with E-state index < -0.39 is 40.1 Å². The zero-order valence-electron chi connectivity index (χ0n) is 24.1. The third-order valence-electron chi connectivity index (χ3n) is 8.94. The molecule has 1 saturated carbocycles. The molecule has 1 atom stereocenters. The fourth-order valence-electron chi connectivity index (χ4n) is 6.17. The van der Waals surface area contributed by atoms with Crippen LogP contribution < -0.4 is 4.90 Å². The molecule has 4 aliphatic rings. The van der Waals surface area contributed by atoms with E-state index in [0.29, 0.717) is 64.0 Å². The van der Waals surface area contributed by atoms with Crippen LogP contribution in [0.1, 0.15) is 44.1 Å². The molecule has 1 amide bonds. The van der Waals surface area contributed by atoms with E-state index in [1.807, 2.05) is 4.90 Å². The molecule has 2 aliphatic heterocycles. The van der Waals surface area contributed by atoms with Gasteiger partial charge in [0.05, 0.1) is 10.8 Å². The summed E-state index contributed by atoms with van der Waals surface area (Å²) in [5.74, 6) is -5.48. The van der Waals surface area contributed by atoms with Crippen molar-refractivity contribution in [3.8, 4) is 0 Å². The summed E-state index contributed by atoms with van der Waals surface area (Å²) in [5, 5.41) is 11.5. The first kappa shape index (κ1) is 31.2. The first-order valence-electron chi connectivity index (χ1n) is 15.1. The fourth-order valence-corrected chi connectivity index (χ4v) is 6.17. The van der Waals surface area contributed by atoms with Crippen molar-refractivity contribution in [1.82, 2.24) is 14.7 Å². The van der Waals surface area contributed by atoms with Crippen LogP contribution in [0.15, 0.2) is 42.1 Å². The maximum Gasteiger partial charge on any atom is 0.395 e. The normalized spacial score (nSPS) is 22.4. The highest BCUT2D eigenvalue weighted by Crippen LogP contribution is 2.52. The van der Waals surface area contributed by atoms with Gasteiger partial charge in [-0.3, -0.25) is 19.8 Å². The lowest BCUT2D eigenvalue weighted by atomic mass is 9.98. The summed E-state index contributed by atoms with van der Waals surface area (Å²) < 4.78 is 68.6. The van der Waals surface area contributed by atoms with Gasteiger partial charge in [-0.15, -0.1) is 0 Å². The number of nitro groups is 1. The van der Waals surface area contributed by atoms with Gasteiger partial charge >= 0.3 is 6.18 Å². The van der Waals surface area contributed by atoms with Crippen molar-refractivity contribution in [2.45, 2.75) is 50.6 Å². The average molecular weight is 612 g/mol. The Bertz CT molecular complexity index is 1240. The number of carbonyl (C=O) groups is 1. The van der Waals surface area contributed by atoms with Crippen molar-refractivity contribution in [3.63, 3.8) is 0 Å². The smallest absolute Gasteiger partial charge is 0.370 e. The van der Waals surface area contributed by atoms with Crippen molar-refractivity contribution < 1.29 is 31.7 Å². The second-order valence-corrected chi connectivity index (χ2v) is 11.9. The Kier molecular flexibility index (Phi) is 9.29. The molecule has 1 aromatic rings. The molecular formula is C30H38F5N5O3. The first-order valence-corrected chi connectivity index (χ1v) is 15.1. The lowest BCUT2D eigenvalue weighted by Crippen LogP contribution is -2.46. The third kappa shape index (κ3) is 7.47. The molecule has 2 aliphatic carbocycles. The molecule has 0 radical (unpaired) electrons. The summed E-state index contributed by atoms with van der Waals surface area (Å²) in [6.07, 6.45) is 2.69. The highest BCUT2D eigenvalue weighted by molar-refractivity contribution is 5.76. The predicted octanol–water partition coefficient (Wildman–Crippen LogP) is 5.56. The number of halogens is 5. The van der Waals surface area contributed by atoms with Crippen molar-refractivity contribution in [1.29, 1.82) is 0 Å². The van der Waals surface area contributed by atoms with Gasteiger partial charge in [0.2, 0.25) is 5.91 Å². The summed E-state index contributed by atoms with van der Waals surface area (Å²) in [4.78, 5) is 31.8. The van der Waals surface area contributed by atoms with E-state index in [-0.39, 0.29) is 12.3 Å². The summed E-state index contributed by atoms with van der Waals surface area (Å²) in [5.41, 5.74) is 0.259. The van der Waals surface area contributed by atoms with Crippen molar-refractivity contribution in [3.05, 3.63) is 57.8 Å². The van der Waals surface area contributed by atoms with Crippen molar-refractivity contribution >= 4 is 17.3 Å². The Hall–Kier alpha value is -3.22. The molecule has 3 fully saturated rings. The highest BCUT2D eigenvalue weighted by Gasteiger charge is 2.51. The molecule has 0 aromatic heterocycles. The largest absolute Gasteiger partial charge is 0.395 e. The number of piperazine rings is 1. The van der Waals surface area contributed by atoms with Crippen LogP contribution in [-0.4, -0.2) is 90.6 Å². The van der Waals surface area contributed by atoms with Gasteiger partial charge in [-0.05, 0) is 56.9 Å². The van der Waals surface area contributed by atoms with Crippen molar-refractivity contribution in [2.75, 3.05) is 63.8 Å². The number of amides is 1. The van der Waals surface area contributed by atoms with Crippen LogP contribution in [0, 0.1) is 22.0 Å². The zero-order chi connectivity index (χ0) is 30.8. The molecule has 2 heterocycles. The van der Waals surface area contributed by atoms with Crippen LogP contribution >= 0.6 is 0 Å². The minimum atomic E-state index is -4.21. The van der Waals surface area contributed by atoms with Gasteiger partial charge in [0, 0.05) is 82.1 Å². The minimum absolute atomic E-state index is 0.0306. The second kappa shape index (κ2) is 12.8. The summed E-state index contributed by atoms with van der Waals surface area (Å²) in [7, 11) is 0. The number of nitrogens with zero attached hydrogens (tertiary/aromatic N) is 5. The second-order valence-electron chi connectivity index (χ2n) is 11.9. The number of hydrogen-bond acceptors (Lipinski definition) is 6. The Morgan fingerprint density at radius 1 is 0.953 bits per heavy atom. The molecule has 8 nitrogen and oxygen atoms in total. The van der Waals surface area contributed by atoms with Crippen LogP contribution in [0.3, 0.4) is 0 Å². The molecule has 1 unspecified atom stereocenters. The van der Waals surface area contributed by atoms with Crippen LogP contribution in [0.5, 0.6) is 0 Å². The molecule has 5 rings (SSSR count). The molecule has 0 N–H and O–H groups in total. The maximum atomic E-state index is 14.9. The first-order chi connectivity index (χ1) is 20.4. The van der Waals surface area contributed by atoms with E-state index in [4.69, 9.17) is 0 Å². The molecule has 1 aromatic carbocycles. The number of alkyl halides is 5. The summed E-state index contributed by atoms with van der Waals surface area (Å²) in [6, 6.07) is 3.94. The van der Waals surface area contributed by atoms with Crippen molar-refractivity contribution in [2.24, 2.45) is 11.8 Å². The van der Waals surface area contributed by atoms with E-state index in [9.17, 15) is 36.9 Å². The molecule has 0 bridgehead atoms. The predicted molar refractivity (Wildman–Crippen MR) is 152 cm³/mol. The van der Waals surface area contributed by atoms with E-state index in [2.05, 4.69) is 9.80 Å². The Morgan fingerprint density at radius 3 is 2.30 bits per heavy atom. The molecule has 0 spiro atoms. The lowest BCUT2D eigenvalue weighted by molar-refractivity contribution is -0.387. The monoisotopic (exact) mass is 611 g/mol. The SMILES string of the molecule is O=C(CCCN1CCN(C2=CCC(C(F)(F)F)C=C2)CC1)N1CCCN(c2ccc([N+](=O)[O-])c(C(F)(F)C3CC3)c2)CC1. The van der Waals surface area contributed by atoms with Gasteiger partial charge < -0.3 is 14.7 Å². The van der Waals surface area contributed by atoms with Crippen LogP contribution in [0.25, 0.3) is 0 Å². The van der Waals surface area contributed by atoms with Gasteiger partial charge in [0.1, 0.15) is 5.56 Å². The van der Waals surface area contributed by atoms with E-state index in [1.54, 1.807) is 17.1 Å². The number of anilines is 1. The standard InChI is InChI=1S/C30H38F5N5O3/c31-29(32,22-4-5-22)26-21-25(10-11-27(26)40(42)43)37-13-2-14-39(20-19-37)28(41)3-1-12-36-15-17-38(18-16-36)24-8-6-23(7-9-24)30(33,34)35/h6,8-11,21-23H,1-5,7,12-20H2. The maximum absolute atomic E-state index is 14.9. The Labute approximate surface area is 247 Å². The number of benzene rings is 1. The van der Waals surface area contributed by atoms with Gasteiger partial charge in [0.15, 0.2) is 0 Å². The van der Waals surface area contributed by atoms with Crippen LogP contribution in [0.4, 0.5) is 33.3 Å². The van der Waals surface area contributed by atoms with E-state index in [1.165, 1.54) is 24.3 Å². The van der Waals surface area contributed by atoms with E-state index >= 15 is 0 Å². The topological polar surface area (TPSA) is 73.2 Å². The molecule has 43 heavy (non-hydrogen) atoms. The summed E-state index contributed by atoms with van der Waals surface area (Å²) in [6.45, 7) is 5.77. The molecule has 236 valence electrons. The number of carbonyl (C=O) groups excluding carboxylic acids is 1. The minimum Gasteiger partial charge on any atom is -0.370 e. The zero-order valence-corrected chi connectivity index (χ0v) is 24.1. The number of nitro benzene ring substituents is 1. The number of rotatable bonds is 9. The Balaban J connectivity index is 1.06. The van der Waals surface area contributed by atoms with Crippen LogP contribution in [-0.2, 0) is 10.7 Å².